The first-order chi connectivity index (χ1) is 9.99. The van der Waals surface area contributed by atoms with Crippen molar-refractivity contribution in [2.75, 3.05) is 30.4 Å². The van der Waals surface area contributed by atoms with Crippen molar-refractivity contribution in [3.05, 3.63) is 11.9 Å². The highest BCUT2D eigenvalue weighted by Gasteiger charge is 2.16. The van der Waals surface area contributed by atoms with Gasteiger partial charge in [-0.05, 0) is 27.2 Å². The Morgan fingerprint density at radius 3 is 2.62 bits per heavy atom. The molecule has 6 nitrogen and oxygen atoms in total. The van der Waals surface area contributed by atoms with E-state index in [0.717, 1.165) is 36.6 Å². The Hall–Kier alpha value is -1.85. The molecule has 1 rings (SSSR count). The maximum Gasteiger partial charge on any atom is 0.239 e. The number of rotatable bonds is 8. The van der Waals surface area contributed by atoms with Crippen molar-refractivity contribution in [3.8, 4) is 0 Å². The molecule has 6 heteroatoms. The van der Waals surface area contributed by atoms with E-state index in [9.17, 15) is 4.79 Å². The van der Waals surface area contributed by atoms with Crippen LogP contribution in [-0.2, 0) is 11.2 Å². The first-order valence-electron chi connectivity index (χ1n) is 7.57. The Labute approximate surface area is 127 Å². The summed E-state index contributed by atoms with van der Waals surface area (Å²) in [5.41, 5.74) is 1.07. The summed E-state index contributed by atoms with van der Waals surface area (Å²) in [6, 6.07) is 0.142. The summed E-state index contributed by atoms with van der Waals surface area (Å²) in [5.74, 6) is 1.68. The summed E-state index contributed by atoms with van der Waals surface area (Å²) in [4.78, 5) is 22.5. The average Bonchev–Trinajstić information content (AvgIpc) is 2.40. The zero-order valence-corrected chi connectivity index (χ0v) is 13.7. The third-order valence-electron chi connectivity index (χ3n) is 2.96. The number of nitrogens with zero attached hydrogens (tertiary/aromatic N) is 3. The lowest BCUT2D eigenvalue weighted by atomic mass is 10.1. The molecule has 0 aliphatic heterocycles. The van der Waals surface area contributed by atoms with Crippen molar-refractivity contribution in [1.29, 1.82) is 0 Å². The molecular formula is C15H27N5O. The van der Waals surface area contributed by atoms with Crippen LogP contribution in [0.15, 0.2) is 6.33 Å². The molecule has 0 radical (unpaired) electrons. The molecule has 21 heavy (non-hydrogen) atoms. The molecule has 0 bridgehead atoms. The molecule has 0 aliphatic rings. The third-order valence-corrected chi connectivity index (χ3v) is 2.96. The average molecular weight is 293 g/mol. The van der Waals surface area contributed by atoms with Gasteiger partial charge in [0.15, 0.2) is 0 Å². The van der Waals surface area contributed by atoms with E-state index in [4.69, 9.17) is 0 Å². The van der Waals surface area contributed by atoms with Crippen LogP contribution < -0.4 is 15.5 Å². The summed E-state index contributed by atoms with van der Waals surface area (Å²) < 4.78 is 0. The zero-order valence-electron chi connectivity index (χ0n) is 13.7. The minimum atomic E-state index is -0.00133. The fourth-order valence-corrected chi connectivity index (χ4v) is 2.19. The molecule has 0 spiro atoms. The normalized spacial score (nSPS) is 10.6. The van der Waals surface area contributed by atoms with Crippen LogP contribution in [0.1, 0.15) is 39.7 Å². The number of hydrogen-bond donors (Lipinski definition) is 2. The summed E-state index contributed by atoms with van der Waals surface area (Å²) in [6.45, 7) is 9.17. The fraction of sp³-hybridized carbons (Fsp3) is 0.667. The molecule has 1 heterocycles. The lowest BCUT2D eigenvalue weighted by Crippen LogP contribution is -2.39. The topological polar surface area (TPSA) is 70.2 Å². The number of carbonyl (C=O) groups is 1. The van der Waals surface area contributed by atoms with Crippen molar-refractivity contribution in [2.45, 2.75) is 46.6 Å². The molecule has 0 atom stereocenters. The number of likely N-dealkylation sites (N-methyl/N-ethyl adjacent to an activating group) is 1. The number of hydrogen-bond acceptors (Lipinski definition) is 5. The Kier molecular flexibility index (Phi) is 6.91. The summed E-state index contributed by atoms with van der Waals surface area (Å²) in [6.07, 6.45) is 3.43. The highest BCUT2D eigenvalue weighted by atomic mass is 16.2. The minimum Gasteiger partial charge on any atom is -0.370 e. The van der Waals surface area contributed by atoms with Crippen LogP contribution in [0.2, 0.25) is 0 Å². The molecule has 0 saturated carbocycles. The van der Waals surface area contributed by atoms with Crippen LogP contribution in [0.4, 0.5) is 11.6 Å². The van der Waals surface area contributed by atoms with Gasteiger partial charge >= 0.3 is 0 Å². The SMILES string of the molecule is CCCc1c(NCC)ncnc1N(C)CC(=O)NC(C)C. The van der Waals surface area contributed by atoms with Gasteiger partial charge < -0.3 is 15.5 Å². The molecule has 1 amide bonds. The molecule has 0 aliphatic carbocycles. The Morgan fingerprint density at radius 1 is 1.33 bits per heavy atom. The number of anilines is 2. The lowest BCUT2D eigenvalue weighted by molar-refractivity contribution is -0.120. The standard InChI is InChI=1S/C15H27N5O/c1-6-8-12-14(16-7-2)17-10-18-15(12)20(5)9-13(21)19-11(3)4/h10-11H,6-9H2,1-5H3,(H,19,21)(H,16,17,18). The molecule has 1 aromatic heterocycles. The van der Waals surface area contributed by atoms with Gasteiger partial charge in [-0.15, -0.1) is 0 Å². The predicted octanol–water partition coefficient (Wildman–Crippen LogP) is 1.82. The van der Waals surface area contributed by atoms with E-state index in [1.807, 2.05) is 32.7 Å². The van der Waals surface area contributed by atoms with Crippen molar-refractivity contribution in [1.82, 2.24) is 15.3 Å². The number of aromatic nitrogens is 2. The molecule has 2 N–H and O–H groups in total. The second kappa shape index (κ2) is 8.44. The van der Waals surface area contributed by atoms with Crippen LogP contribution in [0, 0.1) is 0 Å². The van der Waals surface area contributed by atoms with Gasteiger partial charge in [0.1, 0.15) is 18.0 Å². The lowest BCUT2D eigenvalue weighted by Gasteiger charge is -2.22. The maximum absolute atomic E-state index is 11.9. The van der Waals surface area contributed by atoms with Gasteiger partial charge in [-0.3, -0.25) is 4.79 Å². The first kappa shape index (κ1) is 17.2. The molecule has 1 aromatic rings. The van der Waals surface area contributed by atoms with Gasteiger partial charge in [0.2, 0.25) is 5.91 Å². The Balaban J connectivity index is 2.94. The summed E-state index contributed by atoms with van der Waals surface area (Å²) >= 11 is 0. The van der Waals surface area contributed by atoms with E-state index in [1.54, 1.807) is 6.33 Å². The van der Waals surface area contributed by atoms with Crippen LogP contribution in [0.5, 0.6) is 0 Å². The second-order valence-corrected chi connectivity index (χ2v) is 5.38. The van der Waals surface area contributed by atoms with E-state index in [1.165, 1.54) is 0 Å². The maximum atomic E-state index is 11.9. The summed E-state index contributed by atoms with van der Waals surface area (Å²) in [7, 11) is 1.89. The number of amides is 1. The van der Waals surface area contributed by atoms with E-state index in [2.05, 4.69) is 27.5 Å². The van der Waals surface area contributed by atoms with Gasteiger partial charge in [-0.1, -0.05) is 13.3 Å². The van der Waals surface area contributed by atoms with Crippen molar-refractivity contribution < 1.29 is 4.79 Å². The molecule has 0 fully saturated rings. The third kappa shape index (κ3) is 5.21. The van der Waals surface area contributed by atoms with Gasteiger partial charge in [0.05, 0.1) is 6.54 Å². The molecule has 0 aromatic carbocycles. The van der Waals surface area contributed by atoms with E-state index < -0.39 is 0 Å². The van der Waals surface area contributed by atoms with Gasteiger partial charge in [-0.2, -0.15) is 0 Å². The van der Waals surface area contributed by atoms with Crippen LogP contribution >= 0.6 is 0 Å². The molecule has 0 saturated heterocycles. The van der Waals surface area contributed by atoms with Crippen LogP contribution in [-0.4, -0.2) is 42.1 Å². The predicted molar refractivity (Wildman–Crippen MR) is 86.7 cm³/mol. The number of carbonyl (C=O) groups excluding carboxylic acids is 1. The first-order valence-corrected chi connectivity index (χ1v) is 7.57. The van der Waals surface area contributed by atoms with Crippen molar-refractivity contribution >= 4 is 17.5 Å². The highest BCUT2D eigenvalue weighted by molar-refractivity contribution is 5.81. The van der Waals surface area contributed by atoms with Gasteiger partial charge in [-0.25, -0.2) is 9.97 Å². The molecule has 118 valence electrons. The number of nitrogens with one attached hydrogen (secondary N) is 2. The Bertz CT molecular complexity index is 461. The monoisotopic (exact) mass is 293 g/mol. The molecular weight excluding hydrogens is 266 g/mol. The fourth-order valence-electron chi connectivity index (χ4n) is 2.19. The van der Waals surface area contributed by atoms with Crippen molar-refractivity contribution in [2.24, 2.45) is 0 Å². The minimum absolute atomic E-state index is 0.00133. The van der Waals surface area contributed by atoms with E-state index in [-0.39, 0.29) is 18.5 Å². The summed E-state index contributed by atoms with van der Waals surface area (Å²) in [5, 5.41) is 6.16. The smallest absolute Gasteiger partial charge is 0.239 e. The largest absolute Gasteiger partial charge is 0.370 e. The molecule has 0 unspecified atom stereocenters. The van der Waals surface area contributed by atoms with Crippen molar-refractivity contribution in [3.63, 3.8) is 0 Å². The van der Waals surface area contributed by atoms with E-state index in [0.29, 0.717) is 0 Å². The van der Waals surface area contributed by atoms with Gasteiger partial charge in [0.25, 0.3) is 0 Å². The Morgan fingerprint density at radius 2 is 2.05 bits per heavy atom. The van der Waals surface area contributed by atoms with Gasteiger partial charge in [0, 0.05) is 25.2 Å². The van der Waals surface area contributed by atoms with Crippen LogP contribution in [0.25, 0.3) is 0 Å². The second-order valence-electron chi connectivity index (χ2n) is 5.38. The van der Waals surface area contributed by atoms with Crippen LogP contribution in [0.3, 0.4) is 0 Å². The highest BCUT2D eigenvalue weighted by Crippen LogP contribution is 2.24. The zero-order chi connectivity index (χ0) is 15.8. The quantitative estimate of drug-likeness (QED) is 0.765. The van der Waals surface area contributed by atoms with E-state index >= 15 is 0 Å².